The summed E-state index contributed by atoms with van der Waals surface area (Å²) in [6.45, 7) is 6.49. The molecule has 2 atom stereocenters. The molecule has 0 aromatic carbocycles. The molecule has 5 heteroatoms. The molecule has 0 bridgehead atoms. The van der Waals surface area contributed by atoms with Crippen LogP contribution in [0.4, 0.5) is 0 Å². The van der Waals surface area contributed by atoms with E-state index in [-0.39, 0.29) is 11.5 Å². The maximum atomic E-state index is 12.7. The first kappa shape index (κ1) is 14.8. The van der Waals surface area contributed by atoms with Crippen LogP contribution in [0.25, 0.3) is 0 Å². The highest BCUT2D eigenvalue weighted by molar-refractivity contribution is 5.80. The van der Waals surface area contributed by atoms with Crippen molar-refractivity contribution in [1.29, 1.82) is 0 Å². The van der Waals surface area contributed by atoms with Crippen molar-refractivity contribution < 1.29 is 4.79 Å². The van der Waals surface area contributed by atoms with Crippen molar-refractivity contribution in [2.45, 2.75) is 58.5 Å². The van der Waals surface area contributed by atoms with E-state index in [4.69, 9.17) is 0 Å². The zero-order chi connectivity index (χ0) is 14.7. The molecule has 1 aromatic rings. The van der Waals surface area contributed by atoms with Crippen molar-refractivity contribution in [3.05, 3.63) is 28.2 Å². The van der Waals surface area contributed by atoms with Gasteiger partial charge in [0.15, 0.2) is 0 Å². The van der Waals surface area contributed by atoms with E-state index in [1.165, 1.54) is 17.2 Å². The van der Waals surface area contributed by atoms with E-state index < -0.39 is 6.04 Å². The smallest absolute Gasteiger partial charge is 0.267 e. The SMILES string of the molecule is CCC1CCCCN1C(=O)C(C)n1nc(C)ccc1=O. The molecule has 1 fully saturated rings. The van der Waals surface area contributed by atoms with Crippen molar-refractivity contribution in [2.75, 3.05) is 6.54 Å². The van der Waals surface area contributed by atoms with Gasteiger partial charge >= 0.3 is 0 Å². The van der Waals surface area contributed by atoms with Gasteiger partial charge in [0.05, 0.1) is 5.69 Å². The quantitative estimate of drug-likeness (QED) is 0.848. The molecule has 1 amide bonds. The number of piperidine rings is 1. The lowest BCUT2D eigenvalue weighted by Gasteiger charge is -2.36. The van der Waals surface area contributed by atoms with E-state index in [0.29, 0.717) is 6.04 Å². The van der Waals surface area contributed by atoms with Gasteiger partial charge in [0.1, 0.15) is 6.04 Å². The Morgan fingerprint density at radius 2 is 2.20 bits per heavy atom. The second kappa shape index (κ2) is 6.20. The molecule has 1 aliphatic heterocycles. The van der Waals surface area contributed by atoms with E-state index >= 15 is 0 Å². The maximum absolute atomic E-state index is 12.7. The Hall–Kier alpha value is -1.65. The Morgan fingerprint density at radius 3 is 2.90 bits per heavy atom. The van der Waals surface area contributed by atoms with Crippen molar-refractivity contribution in [1.82, 2.24) is 14.7 Å². The summed E-state index contributed by atoms with van der Waals surface area (Å²) in [5.74, 6) is 0.0109. The van der Waals surface area contributed by atoms with Gasteiger partial charge < -0.3 is 4.90 Å². The lowest BCUT2D eigenvalue weighted by molar-refractivity contribution is -0.138. The minimum absolute atomic E-state index is 0.0109. The van der Waals surface area contributed by atoms with Crippen molar-refractivity contribution in [2.24, 2.45) is 0 Å². The first-order valence-corrected chi connectivity index (χ1v) is 7.41. The van der Waals surface area contributed by atoms with Gasteiger partial charge in [-0.3, -0.25) is 9.59 Å². The average Bonchev–Trinajstić information content (AvgIpc) is 2.48. The number of rotatable bonds is 3. The van der Waals surface area contributed by atoms with Crippen LogP contribution in [0.3, 0.4) is 0 Å². The summed E-state index contributed by atoms with van der Waals surface area (Å²) in [7, 11) is 0. The Labute approximate surface area is 119 Å². The first-order valence-electron chi connectivity index (χ1n) is 7.41. The number of aryl methyl sites for hydroxylation is 1. The summed E-state index contributed by atoms with van der Waals surface area (Å²) in [6.07, 6.45) is 4.25. The monoisotopic (exact) mass is 277 g/mol. The Morgan fingerprint density at radius 1 is 1.45 bits per heavy atom. The van der Waals surface area contributed by atoms with Crippen LogP contribution in [-0.2, 0) is 4.79 Å². The molecule has 20 heavy (non-hydrogen) atoms. The number of hydrogen-bond donors (Lipinski definition) is 0. The summed E-state index contributed by atoms with van der Waals surface area (Å²) in [6, 6.07) is 2.92. The van der Waals surface area contributed by atoms with E-state index in [1.54, 1.807) is 13.0 Å². The molecular weight excluding hydrogens is 254 g/mol. The fourth-order valence-electron chi connectivity index (χ4n) is 2.86. The van der Waals surface area contributed by atoms with E-state index in [1.807, 2.05) is 11.8 Å². The Bertz CT molecular complexity index is 538. The number of hydrogen-bond acceptors (Lipinski definition) is 3. The maximum Gasteiger partial charge on any atom is 0.267 e. The van der Waals surface area contributed by atoms with Gasteiger partial charge in [-0.05, 0) is 45.6 Å². The largest absolute Gasteiger partial charge is 0.338 e. The topological polar surface area (TPSA) is 55.2 Å². The number of carbonyl (C=O) groups excluding carboxylic acids is 1. The van der Waals surface area contributed by atoms with Gasteiger partial charge in [-0.15, -0.1) is 0 Å². The van der Waals surface area contributed by atoms with Crippen LogP contribution < -0.4 is 5.56 Å². The summed E-state index contributed by atoms with van der Waals surface area (Å²) >= 11 is 0. The fraction of sp³-hybridized carbons (Fsp3) is 0.667. The summed E-state index contributed by atoms with van der Waals surface area (Å²) in [5.41, 5.74) is 0.524. The minimum atomic E-state index is -0.533. The molecule has 1 aliphatic rings. The number of amides is 1. The molecule has 2 rings (SSSR count). The van der Waals surface area contributed by atoms with Crippen LogP contribution in [0.5, 0.6) is 0 Å². The van der Waals surface area contributed by atoms with Crippen LogP contribution in [0, 0.1) is 6.92 Å². The Kier molecular flexibility index (Phi) is 4.57. The third-order valence-electron chi connectivity index (χ3n) is 4.06. The highest BCUT2D eigenvalue weighted by Crippen LogP contribution is 2.22. The number of aromatic nitrogens is 2. The number of likely N-dealkylation sites (tertiary alicyclic amines) is 1. The summed E-state index contributed by atoms with van der Waals surface area (Å²) in [4.78, 5) is 26.5. The highest BCUT2D eigenvalue weighted by Gasteiger charge is 2.30. The molecule has 110 valence electrons. The van der Waals surface area contributed by atoms with Gasteiger partial charge in [-0.2, -0.15) is 5.10 Å². The van der Waals surface area contributed by atoms with Gasteiger partial charge in [0.2, 0.25) is 5.91 Å². The van der Waals surface area contributed by atoms with Crippen LogP contribution in [-0.4, -0.2) is 33.2 Å². The van der Waals surface area contributed by atoms with Crippen molar-refractivity contribution >= 4 is 5.91 Å². The van der Waals surface area contributed by atoms with Crippen LogP contribution in [0.15, 0.2) is 16.9 Å². The standard InChI is InChI=1S/C15H23N3O2/c1-4-13-7-5-6-10-17(13)15(20)12(3)18-14(19)9-8-11(2)16-18/h8-9,12-13H,4-7,10H2,1-3H3. The zero-order valence-corrected chi connectivity index (χ0v) is 12.5. The molecule has 0 radical (unpaired) electrons. The second-order valence-electron chi connectivity index (χ2n) is 5.52. The molecule has 0 saturated carbocycles. The predicted octanol–water partition coefficient (Wildman–Crippen LogP) is 1.90. The molecule has 1 saturated heterocycles. The molecule has 5 nitrogen and oxygen atoms in total. The van der Waals surface area contributed by atoms with Crippen LogP contribution in [0.2, 0.25) is 0 Å². The second-order valence-corrected chi connectivity index (χ2v) is 5.52. The zero-order valence-electron chi connectivity index (χ0n) is 12.5. The number of carbonyl (C=O) groups is 1. The molecule has 0 spiro atoms. The molecule has 0 aliphatic carbocycles. The normalized spacial score (nSPS) is 20.8. The molecular formula is C15H23N3O2. The van der Waals surface area contributed by atoms with Crippen molar-refractivity contribution in [3.8, 4) is 0 Å². The fourth-order valence-corrected chi connectivity index (χ4v) is 2.86. The van der Waals surface area contributed by atoms with E-state index in [2.05, 4.69) is 12.0 Å². The lowest BCUT2D eigenvalue weighted by atomic mass is 9.99. The van der Waals surface area contributed by atoms with Crippen molar-refractivity contribution in [3.63, 3.8) is 0 Å². The lowest BCUT2D eigenvalue weighted by Crippen LogP contribution is -2.47. The Balaban J connectivity index is 2.23. The molecule has 0 N–H and O–H groups in total. The highest BCUT2D eigenvalue weighted by atomic mass is 16.2. The summed E-state index contributed by atoms with van der Waals surface area (Å²) < 4.78 is 1.30. The summed E-state index contributed by atoms with van der Waals surface area (Å²) in [5, 5.41) is 4.20. The van der Waals surface area contributed by atoms with E-state index in [0.717, 1.165) is 31.5 Å². The van der Waals surface area contributed by atoms with Gasteiger partial charge in [0, 0.05) is 18.7 Å². The van der Waals surface area contributed by atoms with Crippen LogP contribution in [0.1, 0.15) is 51.3 Å². The molecule has 2 heterocycles. The average molecular weight is 277 g/mol. The predicted molar refractivity (Wildman–Crippen MR) is 77.6 cm³/mol. The molecule has 2 unspecified atom stereocenters. The van der Waals surface area contributed by atoms with E-state index in [9.17, 15) is 9.59 Å². The molecule has 1 aromatic heterocycles. The number of nitrogens with zero attached hydrogens (tertiary/aromatic N) is 3. The van der Waals surface area contributed by atoms with Gasteiger partial charge in [-0.1, -0.05) is 6.92 Å². The third kappa shape index (κ3) is 2.92. The van der Waals surface area contributed by atoms with Gasteiger partial charge in [-0.25, -0.2) is 4.68 Å². The van der Waals surface area contributed by atoms with Gasteiger partial charge in [0.25, 0.3) is 5.56 Å². The minimum Gasteiger partial charge on any atom is -0.338 e. The third-order valence-corrected chi connectivity index (χ3v) is 4.06. The van der Waals surface area contributed by atoms with Crippen LogP contribution >= 0.6 is 0 Å². The first-order chi connectivity index (χ1) is 9.54.